The Labute approximate surface area is 190 Å². The molecule has 0 aliphatic heterocycles. The lowest BCUT2D eigenvalue weighted by molar-refractivity contribution is -0.257. The molecule has 0 amide bonds. The fourth-order valence-electron chi connectivity index (χ4n) is 5.21. The van der Waals surface area contributed by atoms with Crippen molar-refractivity contribution in [3.8, 4) is 0 Å². The van der Waals surface area contributed by atoms with Crippen LogP contribution in [-0.4, -0.2) is 22.6 Å². The van der Waals surface area contributed by atoms with Crippen molar-refractivity contribution >= 4 is 11.9 Å². The Morgan fingerprint density at radius 1 is 1.28 bits per heavy atom. The highest BCUT2D eigenvalue weighted by Gasteiger charge is 2.68. The van der Waals surface area contributed by atoms with Crippen LogP contribution in [0, 0.1) is 18.3 Å². The predicted molar refractivity (Wildman–Crippen MR) is 121 cm³/mol. The molecule has 1 fully saturated rings. The van der Waals surface area contributed by atoms with Gasteiger partial charge in [-0.05, 0) is 58.4 Å². The summed E-state index contributed by atoms with van der Waals surface area (Å²) in [5.74, 6) is -0.560. The van der Waals surface area contributed by atoms with Gasteiger partial charge in [-0.25, -0.2) is 9.59 Å². The first-order valence-electron chi connectivity index (χ1n) is 11.5. The number of carbonyl (C=O) groups is 2. The summed E-state index contributed by atoms with van der Waals surface area (Å²) >= 11 is 0. The monoisotopic (exact) mass is 444 g/mol. The van der Waals surface area contributed by atoms with Crippen molar-refractivity contribution in [2.45, 2.75) is 92.0 Å². The van der Waals surface area contributed by atoms with E-state index in [4.69, 9.17) is 13.9 Å². The maximum absolute atomic E-state index is 12.8. The molecule has 1 aromatic rings. The normalized spacial score (nSPS) is 32.7. The van der Waals surface area contributed by atoms with Gasteiger partial charge < -0.3 is 19.0 Å². The van der Waals surface area contributed by atoms with Gasteiger partial charge in [0, 0.05) is 22.6 Å². The fourth-order valence-corrected chi connectivity index (χ4v) is 5.21. The smallest absolute Gasteiger partial charge is 0.334 e. The van der Waals surface area contributed by atoms with Gasteiger partial charge in [0.2, 0.25) is 0 Å². The number of aryl methyl sites for hydroxylation is 1. The molecule has 1 N–H and O–H groups in total. The summed E-state index contributed by atoms with van der Waals surface area (Å²) in [6.07, 6.45) is 5.87. The van der Waals surface area contributed by atoms with Crippen LogP contribution in [0.1, 0.15) is 96.3 Å². The van der Waals surface area contributed by atoms with E-state index >= 15 is 0 Å². The Morgan fingerprint density at radius 2 is 1.97 bits per heavy atom. The van der Waals surface area contributed by atoms with Crippen molar-refractivity contribution < 1.29 is 28.6 Å². The average molecular weight is 445 g/mol. The Kier molecular flexibility index (Phi) is 6.75. The number of carbonyl (C=O) groups excluding carboxylic acids is 2. The van der Waals surface area contributed by atoms with Crippen LogP contribution in [0.4, 0.5) is 0 Å². The number of furan rings is 1. The summed E-state index contributed by atoms with van der Waals surface area (Å²) in [5.41, 5.74) is 0.556. The molecule has 0 spiro atoms. The van der Waals surface area contributed by atoms with E-state index in [9.17, 15) is 14.7 Å². The van der Waals surface area contributed by atoms with Crippen molar-refractivity contribution in [3.05, 3.63) is 46.4 Å². The molecule has 6 heteroatoms. The van der Waals surface area contributed by atoms with Gasteiger partial charge in [0.05, 0.1) is 6.26 Å². The van der Waals surface area contributed by atoms with Gasteiger partial charge in [-0.15, -0.1) is 0 Å². The summed E-state index contributed by atoms with van der Waals surface area (Å²) in [4.78, 5) is 25.6. The third kappa shape index (κ3) is 3.72. The lowest BCUT2D eigenvalue weighted by Gasteiger charge is -2.59. The molecule has 6 nitrogen and oxygen atoms in total. The van der Waals surface area contributed by atoms with Crippen LogP contribution < -0.4 is 0 Å². The molecule has 2 aliphatic rings. The van der Waals surface area contributed by atoms with Gasteiger partial charge >= 0.3 is 11.9 Å². The molecule has 1 aromatic heterocycles. The van der Waals surface area contributed by atoms with Crippen molar-refractivity contribution in [2.75, 3.05) is 0 Å². The maximum atomic E-state index is 12.8. The van der Waals surface area contributed by atoms with Crippen molar-refractivity contribution in [1.82, 2.24) is 0 Å². The first-order valence-corrected chi connectivity index (χ1v) is 11.5. The molecular formula is C26H36O6. The molecule has 3 rings (SSSR count). The number of hydrogen-bond donors (Lipinski definition) is 1. The van der Waals surface area contributed by atoms with E-state index in [1.54, 1.807) is 26.2 Å². The van der Waals surface area contributed by atoms with Crippen LogP contribution >= 0.6 is 0 Å². The summed E-state index contributed by atoms with van der Waals surface area (Å²) in [7, 11) is 0. The standard InChI is InChI=1S/C26H36O6/c1-8-15(3)13-19(27)31-22-20-17(5)14-30-21(20)23(32-24(28)16(4)9-2)26(29)12-10-11-18(6)25(22,26)7/h9,13-14,18,22-23,29H,8,10-12H2,1-7H3. The van der Waals surface area contributed by atoms with Gasteiger partial charge in [-0.3, -0.25) is 0 Å². The quantitative estimate of drug-likeness (QED) is 0.466. The van der Waals surface area contributed by atoms with Gasteiger partial charge in [-0.1, -0.05) is 38.8 Å². The van der Waals surface area contributed by atoms with Gasteiger partial charge in [0.15, 0.2) is 11.9 Å². The van der Waals surface area contributed by atoms with Crippen LogP contribution in [0.25, 0.3) is 0 Å². The Balaban J connectivity index is 2.18. The highest BCUT2D eigenvalue weighted by atomic mass is 16.6. The van der Waals surface area contributed by atoms with E-state index < -0.39 is 35.2 Å². The van der Waals surface area contributed by atoms with Crippen molar-refractivity contribution in [1.29, 1.82) is 0 Å². The summed E-state index contributed by atoms with van der Waals surface area (Å²) < 4.78 is 17.8. The number of allylic oxidation sites excluding steroid dienone is 2. The van der Waals surface area contributed by atoms with Gasteiger partial charge in [0.25, 0.3) is 0 Å². The molecule has 2 aliphatic carbocycles. The third-order valence-corrected chi connectivity index (χ3v) is 7.82. The summed E-state index contributed by atoms with van der Waals surface area (Å²) in [5, 5.41) is 12.2. The lowest BCUT2D eigenvalue weighted by Crippen LogP contribution is -2.62. The molecular weight excluding hydrogens is 408 g/mol. The van der Waals surface area contributed by atoms with Crippen LogP contribution in [0.3, 0.4) is 0 Å². The molecule has 0 radical (unpaired) electrons. The number of aliphatic hydroxyl groups is 1. The van der Waals surface area contributed by atoms with Gasteiger partial charge in [0.1, 0.15) is 11.7 Å². The Hall–Kier alpha value is -2.34. The molecule has 5 atom stereocenters. The molecule has 0 saturated heterocycles. The van der Waals surface area contributed by atoms with Crippen molar-refractivity contribution in [2.24, 2.45) is 11.3 Å². The van der Waals surface area contributed by atoms with E-state index in [1.807, 2.05) is 27.7 Å². The van der Waals surface area contributed by atoms with Crippen LogP contribution in [0.2, 0.25) is 0 Å². The Morgan fingerprint density at radius 3 is 2.59 bits per heavy atom. The molecule has 0 aromatic carbocycles. The average Bonchev–Trinajstić information content (AvgIpc) is 3.13. The first kappa shape index (κ1) is 24.3. The summed E-state index contributed by atoms with van der Waals surface area (Å²) in [6, 6.07) is 0. The molecule has 1 saturated carbocycles. The van der Waals surface area contributed by atoms with E-state index in [2.05, 4.69) is 6.92 Å². The number of esters is 2. The first-order chi connectivity index (χ1) is 15.0. The molecule has 32 heavy (non-hydrogen) atoms. The molecule has 176 valence electrons. The Bertz CT molecular complexity index is 954. The van der Waals surface area contributed by atoms with E-state index in [0.717, 1.165) is 30.4 Å². The van der Waals surface area contributed by atoms with Crippen molar-refractivity contribution in [3.63, 3.8) is 0 Å². The summed E-state index contributed by atoms with van der Waals surface area (Å²) in [6.45, 7) is 13.2. The SMILES string of the molecule is CC=C(C)C(=O)OC1c2occ(C)c2C(OC(=O)C=C(C)CC)C2(C)C(C)CCCC12O. The van der Waals surface area contributed by atoms with E-state index in [-0.39, 0.29) is 5.92 Å². The number of hydrogen-bond acceptors (Lipinski definition) is 6. The number of fused-ring (bicyclic) bond motifs is 2. The predicted octanol–water partition coefficient (Wildman–Crippen LogP) is 5.65. The minimum atomic E-state index is -1.44. The zero-order valence-electron chi connectivity index (χ0n) is 20.3. The van der Waals surface area contributed by atoms with E-state index in [0.29, 0.717) is 23.3 Å². The lowest BCUT2D eigenvalue weighted by atomic mass is 9.50. The second kappa shape index (κ2) is 8.89. The molecule has 1 heterocycles. The number of ether oxygens (including phenoxy) is 2. The van der Waals surface area contributed by atoms with Crippen LogP contribution in [0.5, 0.6) is 0 Å². The maximum Gasteiger partial charge on any atom is 0.334 e. The second-order valence-electron chi connectivity index (χ2n) is 9.62. The van der Waals surface area contributed by atoms with Crippen LogP contribution in [-0.2, 0) is 19.1 Å². The largest absolute Gasteiger partial charge is 0.465 e. The highest BCUT2D eigenvalue weighted by molar-refractivity contribution is 5.88. The third-order valence-electron chi connectivity index (χ3n) is 7.82. The van der Waals surface area contributed by atoms with Gasteiger partial charge in [-0.2, -0.15) is 0 Å². The zero-order valence-corrected chi connectivity index (χ0v) is 20.3. The second-order valence-corrected chi connectivity index (χ2v) is 9.62. The topological polar surface area (TPSA) is 86.0 Å². The number of rotatable bonds is 5. The molecule has 0 bridgehead atoms. The fraction of sp³-hybridized carbons (Fsp3) is 0.615. The highest BCUT2D eigenvalue weighted by Crippen LogP contribution is 2.65. The zero-order chi connectivity index (χ0) is 23.8. The van der Waals surface area contributed by atoms with E-state index in [1.165, 1.54) is 6.08 Å². The minimum absolute atomic E-state index is 0.0155. The van der Waals surface area contributed by atoms with Crippen LogP contribution in [0.15, 0.2) is 34.0 Å². The minimum Gasteiger partial charge on any atom is -0.465 e. The molecule has 5 unspecified atom stereocenters.